The van der Waals surface area contributed by atoms with E-state index in [1.54, 1.807) is 35.5 Å². The highest BCUT2D eigenvalue weighted by atomic mass is 32.1. The lowest BCUT2D eigenvalue weighted by molar-refractivity contribution is -0.132. The van der Waals surface area contributed by atoms with Crippen molar-refractivity contribution < 1.29 is 23.5 Å². The summed E-state index contributed by atoms with van der Waals surface area (Å²) in [6.07, 6.45) is -0.128. The van der Waals surface area contributed by atoms with Crippen LogP contribution in [0.1, 0.15) is 35.4 Å². The van der Waals surface area contributed by atoms with Crippen molar-refractivity contribution in [3.05, 3.63) is 81.8 Å². The van der Waals surface area contributed by atoms with Crippen LogP contribution in [-0.4, -0.2) is 30.5 Å². The molecule has 0 unspecified atom stereocenters. The Morgan fingerprint density at radius 2 is 1.94 bits per heavy atom. The van der Waals surface area contributed by atoms with Gasteiger partial charge >= 0.3 is 6.03 Å². The van der Waals surface area contributed by atoms with Gasteiger partial charge in [-0.25, -0.2) is 9.18 Å². The molecule has 3 aromatic rings. The molecule has 7 nitrogen and oxygen atoms in total. The molecule has 3 N–H and O–H groups in total. The number of methoxy groups -OCH3 is 1. The number of hydrogen-bond donors (Lipinski definition) is 2. The molecule has 1 heterocycles. The van der Waals surface area contributed by atoms with Gasteiger partial charge in [0.05, 0.1) is 19.6 Å². The van der Waals surface area contributed by atoms with Crippen LogP contribution in [-0.2, 0) is 17.9 Å². The molecule has 9 heteroatoms. The van der Waals surface area contributed by atoms with Gasteiger partial charge in [0.2, 0.25) is 5.91 Å². The molecule has 0 saturated heterocycles. The molecule has 0 fully saturated rings. The molecule has 0 aliphatic carbocycles. The number of rotatable bonds is 11. The predicted octanol–water partition coefficient (Wildman–Crippen LogP) is 4.62. The first-order valence-electron chi connectivity index (χ1n) is 10.8. The van der Waals surface area contributed by atoms with Crippen LogP contribution in [0.5, 0.6) is 11.5 Å². The van der Waals surface area contributed by atoms with Crippen molar-refractivity contribution in [1.29, 1.82) is 0 Å². The summed E-state index contributed by atoms with van der Waals surface area (Å²) in [4.78, 5) is 27.3. The Balaban J connectivity index is 1.70. The van der Waals surface area contributed by atoms with Crippen molar-refractivity contribution in [1.82, 2.24) is 10.2 Å². The number of ether oxygens (including phenoxy) is 2. The molecule has 1 atom stereocenters. The van der Waals surface area contributed by atoms with Gasteiger partial charge in [-0.2, -0.15) is 0 Å². The number of carbonyl (C=O) groups excluding carboxylic acids is 2. The van der Waals surface area contributed by atoms with Crippen LogP contribution in [0.3, 0.4) is 0 Å². The summed E-state index contributed by atoms with van der Waals surface area (Å²) in [7, 11) is 1.56. The molecule has 2 aromatic carbocycles. The third kappa shape index (κ3) is 6.71. The molecule has 0 saturated carbocycles. The van der Waals surface area contributed by atoms with E-state index < -0.39 is 17.9 Å². The number of nitrogens with one attached hydrogen (secondary N) is 1. The fourth-order valence-corrected chi connectivity index (χ4v) is 4.16. The quantitative estimate of drug-likeness (QED) is 0.414. The molecule has 34 heavy (non-hydrogen) atoms. The lowest BCUT2D eigenvalue weighted by atomic mass is 10.0. The van der Waals surface area contributed by atoms with E-state index in [4.69, 9.17) is 15.2 Å². The Labute approximate surface area is 202 Å². The maximum absolute atomic E-state index is 14.3. The number of nitrogens with zero attached hydrogens (tertiary/aromatic N) is 1. The predicted molar refractivity (Wildman–Crippen MR) is 129 cm³/mol. The third-order valence-corrected chi connectivity index (χ3v) is 6.11. The van der Waals surface area contributed by atoms with Crippen LogP contribution in [0, 0.1) is 5.82 Å². The second kappa shape index (κ2) is 12.0. The number of carbonyl (C=O) groups is 2. The van der Waals surface area contributed by atoms with Crippen molar-refractivity contribution in [2.75, 3.05) is 13.7 Å². The molecule has 3 amide bonds. The summed E-state index contributed by atoms with van der Waals surface area (Å²) in [5, 5.41) is 4.47. The number of benzene rings is 2. The van der Waals surface area contributed by atoms with Gasteiger partial charge in [-0.05, 0) is 42.1 Å². The molecule has 1 aromatic heterocycles. The zero-order valence-electron chi connectivity index (χ0n) is 19.1. The minimum atomic E-state index is -0.872. The number of urea groups is 1. The lowest BCUT2D eigenvalue weighted by Gasteiger charge is -2.25. The molecular weight excluding hydrogens is 457 g/mol. The highest BCUT2D eigenvalue weighted by molar-refractivity contribution is 7.09. The number of hydrogen-bond acceptors (Lipinski definition) is 5. The van der Waals surface area contributed by atoms with Gasteiger partial charge in [0.15, 0.2) is 11.5 Å². The summed E-state index contributed by atoms with van der Waals surface area (Å²) < 4.78 is 25.7. The Kier molecular flexibility index (Phi) is 8.86. The van der Waals surface area contributed by atoms with Crippen LogP contribution in [0.4, 0.5) is 9.18 Å². The average molecular weight is 486 g/mol. The average Bonchev–Trinajstić information content (AvgIpc) is 3.34. The first-order valence-corrected chi connectivity index (χ1v) is 11.7. The maximum atomic E-state index is 14.3. The first-order chi connectivity index (χ1) is 16.4. The SMILES string of the molecule is CCN(Cc1ccc(OCc2cccs2)c(OC)c1)C(=O)C[C@H](NC(N)=O)c1ccccc1F. The summed E-state index contributed by atoms with van der Waals surface area (Å²) in [6.45, 7) is 3.04. The third-order valence-electron chi connectivity index (χ3n) is 5.26. The van der Waals surface area contributed by atoms with E-state index in [1.165, 1.54) is 12.1 Å². The van der Waals surface area contributed by atoms with E-state index in [1.807, 2.05) is 42.6 Å². The number of thiophene rings is 1. The zero-order valence-corrected chi connectivity index (χ0v) is 19.9. The van der Waals surface area contributed by atoms with Gasteiger partial charge in [-0.3, -0.25) is 4.79 Å². The molecule has 0 spiro atoms. The van der Waals surface area contributed by atoms with Crippen LogP contribution in [0.25, 0.3) is 0 Å². The number of halogens is 1. The Hall–Kier alpha value is -3.59. The van der Waals surface area contributed by atoms with Gasteiger partial charge in [0, 0.05) is 23.5 Å². The second-order valence-corrected chi connectivity index (χ2v) is 8.58. The Morgan fingerprint density at radius 3 is 2.59 bits per heavy atom. The summed E-state index contributed by atoms with van der Waals surface area (Å²) in [5.41, 5.74) is 6.32. The number of nitrogens with two attached hydrogens (primary N) is 1. The van der Waals surface area contributed by atoms with E-state index in [-0.39, 0.29) is 17.9 Å². The standard InChI is InChI=1S/C25H28FN3O4S/c1-3-29(24(30)14-21(28-25(27)31)19-8-4-5-9-20(19)26)15-17-10-11-22(23(13-17)32-2)33-16-18-7-6-12-34-18/h4-13,21H,3,14-16H2,1-2H3,(H3,27,28,31)/t21-/m0/s1. The summed E-state index contributed by atoms with van der Waals surface area (Å²) in [6, 6.07) is 13.8. The number of amides is 3. The van der Waals surface area contributed by atoms with Gasteiger partial charge in [-0.15, -0.1) is 11.3 Å². The van der Waals surface area contributed by atoms with Gasteiger partial charge in [0.1, 0.15) is 12.4 Å². The molecule has 3 rings (SSSR count). The van der Waals surface area contributed by atoms with Crippen molar-refractivity contribution in [2.24, 2.45) is 5.73 Å². The summed E-state index contributed by atoms with van der Waals surface area (Å²) >= 11 is 1.61. The fraction of sp³-hybridized carbons (Fsp3) is 0.280. The van der Waals surface area contributed by atoms with E-state index in [0.717, 1.165) is 10.4 Å². The van der Waals surface area contributed by atoms with E-state index in [0.29, 0.717) is 31.2 Å². The highest BCUT2D eigenvalue weighted by Crippen LogP contribution is 2.30. The molecule has 0 radical (unpaired) electrons. The molecule has 0 aliphatic heterocycles. The van der Waals surface area contributed by atoms with Crippen molar-refractivity contribution in [2.45, 2.75) is 32.5 Å². The second-order valence-electron chi connectivity index (χ2n) is 7.55. The van der Waals surface area contributed by atoms with Crippen LogP contribution < -0.4 is 20.5 Å². The molecule has 180 valence electrons. The van der Waals surface area contributed by atoms with Crippen molar-refractivity contribution in [3.63, 3.8) is 0 Å². The van der Waals surface area contributed by atoms with Crippen LogP contribution >= 0.6 is 11.3 Å². The largest absolute Gasteiger partial charge is 0.493 e. The van der Waals surface area contributed by atoms with Crippen LogP contribution in [0.2, 0.25) is 0 Å². The van der Waals surface area contributed by atoms with Gasteiger partial charge in [0.25, 0.3) is 0 Å². The minimum Gasteiger partial charge on any atom is -0.493 e. The van der Waals surface area contributed by atoms with Crippen LogP contribution in [0.15, 0.2) is 60.0 Å². The van der Waals surface area contributed by atoms with E-state index >= 15 is 0 Å². The Morgan fingerprint density at radius 1 is 1.15 bits per heavy atom. The Bertz CT molecular complexity index is 1110. The van der Waals surface area contributed by atoms with E-state index in [9.17, 15) is 14.0 Å². The van der Waals surface area contributed by atoms with E-state index in [2.05, 4.69) is 5.32 Å². The van der Waals surface area contributed by atoms with Crippen molar-refractivity contribution in [3.8, 4) is 11.5 Å². The lowest BCUT2D eigenvalue weighted by Crippen LogP contribution is -2.38. The molecular formula is C25H28FN3O4S. The van der Waals surface area contributed by atoms with Gasteiger partial charge < -0.3 is 25.4 Å². The topological polar surface area (TPSA) is 93.9 Å². The molecule has 0 aliphatic rings. The fourth-order valence-electron chi connectivity index (χ4n) is 3.54. The first kappa shape index (κ1) is 25.0. The minimum absolute atomic E-state index is 0.128. The zero-order chi connectivity index (χ0) is 24.5. The molecule has 0 bridgehead atoms. The summed E-state index contributed by atoms with van der Waals surface area (Å²) in [5.74, 6) is 0.415. The van der Waals surface area contributed by atoms with Gasteiger partial charge in [-0.1, -0.05) is 30.3 Å². The normalized spacial score (nSPS) is 11.5. The smallest absolute Gasteiger partial charge is 0.312 e. The van der Waals surface area contributed by atoms with Crippen molar-refractivity contribution >= 4 is 23.3 Å². The number of primary amides is 1. The maximum Gasteiger partial charge on any atom is 0.312 e. The monoisotopic (exact) mass is 485 g/mol. The highest BCUT2D eigenvalue weighted by Gasteiger charge is 2.23.